The molecule has 1 aromatic rings. The Morgan fingerprint density at radius 2 is 2.24 bits per heavy atom. The molecule has 7 nitrogen and oxygen atoms in total. The van der Waals surface area contributed by atoms with E-state index in [4.69, 9.17) is 0 Å². The fourth-order valence-electron chi connectivity index (χ4n) is 1.61. The summed E-state index contributed by atoms with van der Waals surface area (Å²) in [7, 11) is 5.37. The lowest BCUT2D eigenvalue weighted by molar-refractivity contribution is -0.127. The maximum absolute atomic E-state index is 11.6. The topological polar surface area (TPSA) is 74.5 Å². The van der Waals surface area contributed by atoms with Crippen LogP contribution in [0.3, 0.4) is 0 Å². The SMILES string of the molecule is CN(C)C(=O)CNC(=NCc1ccnn1C)NC1CC1.I. The molecule has 1 fully saturated rings. The normalized spacial score (nSPS) is 14.3. The van der Waals surface area contributed by atoms with E-state index in [9.17, 15) is 4.79 Å². The van der Waals surface area contributed by atoms with E-state index in [2.05, 4.69) is 20.7 Å². The molecule has 2 rings (SSSR count). The molecule has 118 valence electrons. The lowest BCUT2D eigenvalue weighted by Gasteiger charge is -2.14. The Morgan fingerprint density at radius 3 is 2.76 bits per heavy atom. The van der Waals surface area contributed by atoms with Crippen LogP contribution in [0, 0.1) is 0 Å². The highest BCUT2D eigenvalue weighted by Crippen LogP contribution is 2.18. The summed E-state index contributed by atoms with van der Waals surface area (Å²) in [4.78, 5) is 17.7. The summed E-state index contributed by atoms with van der Waals surface area (Å²) in [6.07, 6.45) is 4.07. The van der Waals surface area contributed by atoms with Gasteiger partial charge in [0.2, 0.25) is 5.91 Å². The highest BCUT2D eigenvalue weighted by molar-refractivity contribution is 14.0. The largest absolute Gasteiger partial charge is 0.354 e. The number of halogens is 1. The third-order valence-corrected chi connectivity index (χ3v) is 3.15. The van der Waals surface area contributed by atoms with Gasteiger partial charge in [0.15, 0.2) is 5.96 Å². The third kappa shape index (κ3) is 5.90. The number of aromatic nitrogens is 2. The number of hydrogen-bond donors (Lipinski definition) is 2. The van der Waals surface area contributed by atoms with E-state index in [1.807, 2.05) is 13.1 Å². The van der Waals surface area contributed by atoms with Gasteiger partial charge in [-0.1, -0.05) is 0 Å². The molecule has 0 unspecified atom stereocenters. The van der Waals surface area contributed by atoms with Crippen molar-refractivity contribution >= 4 is 35.8 Å². The number of carbonyl (C=O) groups is 1. The number of likely N-dealkylation sites (N-methyl/N-ethyl adjacent to an activating group) is 1. The summed E-state index contributed by atoms with van der Waals surface area (Å²) < 4.78 is 1.79. The third-order valence-electron chi connectivity index (χ3n) is 3.15. The fourth-order valence-corrected chi connectivity index (χ4v) is 1.61. The minimum atomic E-state index is 0. The maximum Gasteiger partial charge on any atom is 0.241 e. The van der Waals surface area contributed by atoms with Crippen molar-refractivity contribution in [3.63, 3.8) is 0 Å². The molecule has 8 heteroatoms. The lowest BCUT2D eigenvalue weighted by atomic mass is 10.4. The lowest BCUT2D eigenvalue weighted by Crippen LogP contribution is -2.43. The minimum absolute atomic E-state index is 0. The average molecular weight is 406 g/mol. The molecular weight excluding hydrogens is 383 g/mol. The van der Waals surface area contributed by atoms with E-state index in [0.717, 1.165) is 18.5 Å². The molecule has 0 saturated heterocycles. The van der Waals surface area contributed by atoms with Gasteiger partial charge in [-0.3, -0.25) is 9.48 Å². The van der Waals surface area contributed by atoms with Gasteiger partial charge in [-0.25, -0.2) is 4.99 Å². The van der Waals surface area contributed by atoms with Gasteiger partial charge >= 0.3 is 0 Å². The first-order valence-electron chi connectivity index (χ1n) is 6.78. The van der Waals surface area contributed by atoms with Crippen LogP contribution < -0.4 is 10.6 Å². The number of hydrogen-bond acceptors (Lipinski definition) is 3. The van der Waals surface area contributed by atoms with Crippen LogP contribution in [0.15, 0.2) is 17.3 Å². The summed E-state index contributed by atoms with van der Waals surface area (Å²) in [5.41, 5.74) is 1.03. The molecule has 1 saturated carbocycles. The zero-order valence-electron chi connectivity index (χ0n) is 12.7. The van der Waals surface area contributed by atoms with Crippen molar-refractivity contribution in [3.05, 3.63) is 18.0 Å². The fraction of sp³-hybridized carbons (Fsp3) is 0.615. The molecule has 0 spiro atoms. The molecule has 21 heavy (non-hydrogen) atoms. The first-order chi connectivity index (χ1) is 9.56. The van der Waals surface area contributed by atoms with E-state index < -0.39 is 0 Å². The summed E-state index contributed by atoms with van der Waals surface area (Å²) in [6, 6.07) is 2.42. The Hall–Kier alpha value is -1.32. The van der Waals surface area contributed by atoms with Crippen LogP contribution in [0.25, 0.3) is 0 Å². The zero-order valence-corrected chi connectivity index (χ0v) is 15.0. The van der Waals surface area contributed by atoms with Gasteiger partial charge in [-0.05, 0) is 18.9 Å². The average Bonchev–Trinajstić information content (AvgIpc) is 3.13. The van der Waals surface area contributed by atoms with E-state index in [1.165, 1.54) is 0 Å². The first-order valence-corrected chi connectivity index (χ1v) is 6.78. The van der Waals surface area contributed by atoms with Gasteiger partial charge in [0, 0.05) is 33.4 Å². The van der Waals surface area contributed by atoms with Crippen molar-refractivity contribution in [2.45, 2.75) is 25.4 Å². The van der Waals surface area contributed by atoms with Crippen LogP contribution >= 0.6 is 24.0 Å². The van der Waals surface area contributed by atoms with Crippen LogP contribution in [0.5, 0.6) is 0 Å². The van der Waals surface area contributed by atoms with Crippen molar-refractivity contribution in [2.75, 3.05) is 20.6 Å². The number of guanidine groups is 1. The Kier molecular flexibility index (Phi) is 6.93. The van der Waals surface area contributed by atoms with Gasteiger partial charge in [0.25, 0.3) is 0 Å². The molecule has 1 aliphatic rings. The second kappa shape index (κ2) is 8.20. The van der Waals surface area contributed by atoms with Gasteiger partial charge in [0.1, 0.15) is 0 Å². The summed E-state index contributed by atoms with van der Waals surface area (Å²) in [6.45, 7) is 0.783. The molecule has 1 heterocycles. The van der Waals surface area contributed by atoms with Crippen LogP contribution in [0.4, 0.5) is 0 Å². The van der Waals surface area contributed by atoms with Gasteiger partial charge < -0.3 is 15.5 Å². The zero-order chi connectivity index (χ0) is 14.5. The highest BCUT2D eigenvalue weighted by atomic mass is 127. The predicted molar refractivity (Wildman–Crippen MR) is 92.6 cm³/mol. The van der Waals surface area contributed by atoms with Crippen LogP contribution in [0.1, 0.15) is 18.5 Å². The Morgan fingerprint density at radius 1 is 1.52 bits per heavy atom. The highest BCUT2D eigenvalue weighted by Gasteiger charge is 2.22. The van der Waals surface area contributed by atoms with Crippen molar-refractivity contribution in [1.29, 1.82) is 0 Å². The van der Waals surface area contributed by atoms with Gasteiger partial charge in [-0.2, -0.15) is 5.10 Å². The molecule has 1 aromatic heterocycles. The molecule has 0 aromatic carbocycles. The van der Waals surface area contributed by atoms with E-state index in [0.29, 0.717) is 18.5 Å². The van der Waals surface area contributed by atoms with E-state index >= 15 is 0 Å². The predicted octanol–water partition coefficient (Wildman–Crippen LogP) is 0.324. The maximum atomic E-state index is 11.6. The number of nitrogens with zero attached hydrogens (tertiary/aromatic N) is 4. The Labute approximate surface area is 142 Å². The molecular formula is C13H23IN6O. The number of aryl methyl sites for hydroxylation is 1. The molecule has 1 aliphatic carbocycles. The number of carbonyl (C=O) groups excluding carboxylic acids is 1. The van der Waals surface area contributed by atoms with E-state index in [1.54, 1.807) is 29.9 Å². The first kappa shape index (κ1) is 17.7. The number of nitrogens with one attached hydrogen (secondary N) is 2. The number of rotatable bonds is 5. The summed E-state index contributed by atoms with van der Waals surface area (Å²) in [5.74, 6) is 0.708. The molecule has 0 atom stereocenters. The molecule has 1 amide bonds. The van der Waals surface area contributed by atoms with Crippen LogP contribution in [0.2, 0.25) is 0 Å². The summed E-state index contributed by atoms with van der Waals surface area (Å²) in [5, 5.41) is 10.5. The second-order valence-corrected chi connectivity index (χ2v) is 5.17. The molecule has 0 radical (unpaired) electrons. The molecule has 0 aliphatic heterocycles. The second-order valence-electron chi connectivity index (χ2n) is 5.17. The quantitative estimate of drug-likeness (QED) is 0.420. The van der Waals surface area contributed by atoms with Crippen molar-refractivity contribution < 1.29 is 4.79 Å². The van der Waals surface area contributed by atoms with Crippen molar-refractivity contribution in [3.8, 4) is 0 Å². The number of amides is 1. The smallest absolute Gasteiger partial charge is 0.241 e. The Bertz CT molecular complexity index is 495. The van der Waals surface area contributed by atoms with Gasteiger partial charge in [-0.15, -0.1) is 24.0 Å². The van der Waals surface area contributed by atoms with Gasteiger partial charge in [0.05, 0.1) is 18.8 Å². The molecule has 2 N–H and O–H groups in total. The minimum Gasteiger partial charge on any atom is -0.354 e. The van der Waals surface area contributed by atoms with Crippen molar-refractivity contribution in [2.24, 2.45) is 12.0 Å². The van der Waals surface area contributed by atoms with E-state index in [-0.39, 0.29) is 36.4 Å². The van der Waals surface area contributed by atoms with Crippen LogP contribution in [-0.2, 0) is 18.4 Å². The molecule has 0 bridgehead atoms. The van der Waals surface area contributed by atoms with Crippen molar-refractivity contribution in [1.82, 2.24) is 25.3 Å². The summed E-state index contributed by atoms with van der Waals surface area (Å²) >= 11 is 0. The standard InChI is InChI=1S/C13H22N6O.HI/c1-18(2)12(20)9-15-13(17-10-4-5-10)14-8-11-6-7-16-19(11)3;/h6-7,10H,4-5,8-9H2,1-3H3,(H2,14,15,17);1H. The van der Waals surface area contributed by atoms with Crippen LogP contribution in [-0.4, -0.2) is 53.2 Å². The number of aliphatic imine (C=N–C) groups is 1. The monoisotopic (exact) mass is 406 g/mol. The Balaban J connectivity index is 0.00000220.